The second kappa shape index (κ2) is 9.41. The zero-order chi connectivity index (χ0) is 22.5. The fourth-order valence-corrected chi connectivity index (χ4v) is 3.07. The molecule has 0 aliphatic heterocycles. The highest BCUT2D eigenvalue weighted by atomic mass is 35.5. The van der Waals surface area contributed by atoms with Gasteiger partial charge in [-0.25, -0.2) is 15.0 Å². The number of anilines is 3. The van der Waals surface area contributed by atoms with Crippen molar-refractivity contribution in [3.63, 3.8) is 0 Å². The summed E-state index contributed by atoms with van der Waals surface area (Å²) in [5.41, 5.74) is 6.94. The van der Waals surface area contributed by atoms with Crippen molar-refractivity contribution in [3.8, 4) is 11.3 Å². The van der Waals surface area contributed by atoms with E-state index in [0.29, 0.717) is 28.0 Å². The molecule has 0 saturated carbocycles. The average molecular weight is 451 g/mol. The summed E-state index contributed by atoms with van der Waals surface area (Å²) in [6.45, 7) is 0. The summed E-state index contributed by atoms with van der Waals surface area (Å²) in [5.74, 6) is 0.883. The number of hydrogen-bond donors (Lipinski definition) is 4. The standard InChI is InChI=1S/C21H19ClN8O2/c1-30-18(7-10-25-30)27-21-24-9-6-16(26-21)13-5-8-23-17(12-13)28-29-20(32)19(31)14-3-2-4-15(22)11-14/h2-12,19,31H,1H3,(H,23,28)(H,29,32)(H,24,26,27). The van der Waals surface area contributed by atoms with Gasteiger partial charge in [0, 0.05) is 36.1 Å². The molecule has 4 aromatic rings. The minimum Gasteiger partial charge on any atom is -0.378 e. The van der Waals surface area contributed by atoms with Gasteiger partial charge in [0.2, 0.25) is 5.95 Å². The maximum absolute atomic E-state index is 12.3. The number of nitrogens with zero attached hydrogens (tertiary/aromatic N) is 5. The number of nitrogens with one attached hydrogen (secondary N) is 3. The van der Waals surface area contributed by atoms with E-state index in [1.54, 1.807) is 59.7 Å². The van der Waals surface area contributed by atoms with E-state index in [4.69, 9.17) is 11.6 Å². The van der Waals surface area contributed by atoms with Crippen molar-refractivity contribution in [1.82, 2.24) is 30.2 Å². The molecular formula is C21H19ClN8O2. The molecule has 1 amide bonds. The largest absolute Gasteiger partial charge is 0.378 e. The summed E-state index contributed by atoms with van der Waals surface area (Å²) in [7, 11) is 1.81. The first-order valence-electron chi connectivity index (χ1n) is 9.53. The number of aliphatic hydroxyl groups excluding tert-OH is 1. The summed E-state index contributed by atoms with van der Waals surface area (Å²) < 4.78 is 1.67. The lowest BCUT2D eigenvalue weighted by Crippen LogP contribution is -2.34. The van der Waals surface area contributed by atoms with Crippen LogP contribution in [0.15, 0.2) is 67.1 Å². The highest BCUT2D eigenvalue weighted by Gasteiger charge is 2.17. The van der Waals surface area contributed by atoms with Crippen LogP contribution in [0.1, 0.15) is 11.7 Å². The maximum atomic E-state index is 12.3. The number of halogens is 1. The molecule has 3 aromatic heterocycles. The van der Waals surface area contributed by atoms with Gasteiger partial charge in [-0.2, -0.15) is 5.10 Å². The topological polar surface area (TPSA) is 130 Å². The lowest BCUT2D eigenvalue weighted by Gasteiger charge is -2.13. The molecule has 32 heavy (non-hydrogen) atoms. The molecule has 0 aliphatic rings. The van der Waals surface area contributed by atoms with Crippen molar-refractivity contribution in [2.45, 2.75) is 6.10 Å². The number of aryl methyl sites for hydroxylation is 1. The average Bonchev–Trinajstić information content (AvgIpc) is 3.21. The number of hydrogen-bond acceptors (Lipinski definition) is 8. The quantitative estimate of drug-likeness (QED) is 0.316. The molecule has 1 atom stereocenters. The van der Waals surface area contributed by atoms with Crippen LogP contribution in [0.4, 0.5) is 17.6 Å². The van der Waals surface area contributed by atoms with Gasteiger partial charge in [-0.15, -0.1) is 0 Å². The highest BCUT2D eigenvalue weighted by molar-refractivity contribution is 6.30. The van der Waals surface area contributed by atoms with Crippen LogP contribution >= 0.6 is 11.6 Å². The fourth-order valence-electron chi connectivity index (χ4n) is 2.87. The van der Waals surface area contributed by atoms with Gasteiger partial charge in [-0.05, 0) is 35.9 Å². The molecule has 0 bridgehead atoms. The number of rotatable bonds is 7. The molecule has 0 fully saturated rings. The summed E-state index contributed by atoms with van der Waals surface area (Å²) in [4.78, 5) is 25.2. The molecule has 10 nitrogen and oxygen atoms in total. The molecule has 0 saturated heterocycles. The first-order valence-corrected chi connectivity index (χ1v) is 9.91. The molecule has 11 heteroatoms. The number of aliphatic hydroxyl groups is 1. The predicted molar refractivity (Wildman–Crippen MR) is 120 cm³/mol. The van der Waals surface area contributed by atoms with E-state index in [9.17, 15) is 9.90 Å². The summed E-state index contributed by atoms with van der Waals surface area (Å²) in [6.07, 6.45) is 3.50. The van der Waals surface area contributed by atoms with Gasteiger partial charge in [0.1, 0.15) is 11.6 Å². The van der Waals surface area contributed by atoms with E-state index in [1.165, 1.54) is 6.07 Å². The molecule has 0 spiro atoms. The third kappa shape index (κ3) is 4.99. The van der Waals surface area contributed by atoms with Crippen LogP contribution in [0.3, 0.4) is 0 Å². The van der Waals surface area contributed by atoms with Crippen LogP contribution < -0.4 is 16.2 Å². The van der Waals surface area contributed by atoms with Crippen molar-refractivity contribution in [2.24, 2.45) is 7.05 Å². The molecule has 162 valence electrons. The third-order valence-electron chi connectivity index (χ3n) is 4.50. The minimum absolute atomic E-state index is 0.369. The number of aromatic nitrogens is 5. The summed E-state index contributed by atoms with van der Waals surface area (Å²) >= 11 is 5.91. The zero-order valence-corrected chi connectivity index (χ0v) is 17.7. The first kappa shape index (κ1) is 21.2. The van der Waals surface area contributed by atoms with Crippen molar-refractivity contribution in [3.05, 3.63) is 77.7 Å². The molecule has 4 rings (SSSR count). The molecule has 0 radical (unpaired) electrons. The highest BCUT2D eigenvalue weighted by Crippen LogP contribution is 2.21. The van der Waals surface area contributed by atoms with E-state index in [-0.39, 0.29) is 0 Å². The zero-order valence-electron chi connectivity index (χ0n) is 16.9. The Balaban J connectivity index is 1.44. The Kier molecular flexibility index (Phi) is 6.24. The third-order valence-corrected chi connectivity index (χ3v) is 4.73. The molecule has 0 aliphatic carbocycles. The predicted octanol–water partition coefficient (Wildman–Crippen LogP) is 2.85. The lowest BCUT2D eigenvalue weighted by atomic mass is 10.1. The van der Waals surface area contributed by atoms with Gasteiger partial charge in [0.25, 0.3) is 5.91 Å². The number of carbonyl (C=O) groups excluding carboxylic acids is 1. The van der Waals surface area contributed by atoms with Gasteiger partial charge in [0.05, 0.1) is 11.9 Å². The van der Waals surface area contributed by atoms with Crippen LogP contribution in [0.5, 0.6) is 0 Å². The Bertz CT molecular complexity index is 1250. The van der Waals surface area contributed by atoms with E-state index >= 15 is 0 Å². The van der Waals surface area contributed by atoms with Crippen LogP contribution in [-0.4, -0.2) is 35.7 Å². The molecule has 1 aromatic carbocycles. The Hall–Kier alpha value is -4.02. The molecule has 1 unspecified atom stereocenters. The van der Waals surface area contributed by atoms with Gasteiger partial charge >= 0.3 is 0 Å². The number of benzene rings is 1. The Morgan fingerprint density at radius 1 is 1.09 bits per heavy atom. The van der Waals surface area contributed by atoms with Gasteiger partial charge < -0.3 is 10.4 Å². The van der Waals surface area contributed by atoms with Gasteiger partial charge in [0.15, 0.2) is 6.10 Å². The van der Waals surface area contributed by atoms with E-state index in [2.05, 4.69) is 36.2 Å². The number of amides is 1. The van der Waals surface area contributed by atoms with Crippen molar-refractivity contribution in [1.29, 1.82) is 0 Å². The number of pyridine rings is 1. The maximum Gasteiger partial charge on any atom is 0.271 e. The van der Waals surface area contributed by atoms with E-state index in [1.807, 2.05) is 13.1 Å². The SMILES string of the molecule is Cn1nccc1Nc1nccc(-c2ccnc(NNC(=O)C(O)c3cccc(Cl)c3)c2)n1. The number of hydrazine groups is 1. The Morgan fingerprint density at radius 3 is 2.72 bits per heavy atom. The summed E-state index contributed by atoms with van der Waals surface area (Å²) in [6, 6.07) is 13.5. The number of carbonyl (C=O) groups is 1. The Labute approximate surface area is 188 Å². The van der Waals surface area contributed by atoms with Crippen molar-refractivity contribution >= 4 is 35.1 Å². The normalized spacial score (nSPS) is 11.6. The van der Waals surface area contributed by atoms with Crippen molar-refractivity contribution < 1.29 is 9.90 Å². The second-order valence-electron chi connectivity index (χ2n) is 6.73. The molecule has 4 N–H and O–H groups in total. The smallest absolute Gasteiger partial charge is 0.271 e. The van der Waals surface area contributed by atoms with Crippen LogP contribution in [-0.2, 0) is 11.8 Å². The van der Waals surface area contributed by atoms with E-state index in [0.717, 1.165) is 11.4 Å². The second-order valence-corrected chi connectivity index (χ2v) is 7.17. The van der Waals surface area contributed by atoms with Crippen molar-refractivity contribution in [2.75, 3.05) is 10.7 Å². The van der Waals surface area contributed by atoms with Crippen LogP contribution in [0.2, 0.25) is 5.02 Å². The fraction of sp³-hybridized carbons (Fsp3) is 0.0952. The first-order chi connectivity index (χ1) is 15.5. The van der Waals surface area contributed by atoms with Gasteiger partial charge in [-0.3, -0.25) is 20.3 Å². The van der Waals surface area contributed by atoms with Crippen LogP contribution in [0, 0.1) is 0 Å². The minimum atomic E-state index is -1.38. The monoisotopic (exact) mass is 450 g/mol. The summed E-state index contributed by atoms with van der Waals surface area (Å²) in [5, 5.41) is 17.8. The van der Waals surface area contributed by atoms with Gasteiger partial charge in [-0.1, -0.05) is 23.7 Å². The molecular weight excluding hydrogens is 432 g/mol. The van der Waals surface area contributed by atoms with Crippen LogP contribution in [0.25, 0.3) is 11.3 Å². The molecule has 3 heterocycles. The Morgan fingerprint density at radius 2 is 1.94 bits per heavy atom. The van der Waals surface area contributed by atoms with E-state index < -0.39 is 12.0 Å². The lowest BCUT2D eigenvalue weighted by molar-refractivity contribution is -0.129.